The van der Waals surface area contributed by atoms with E-state index in [1.54, 1.807) is 7.11 Å². The topological polar surface area (TPSA) is 44.5 Å². The van der Waals surface area contributed by atoms with Gasteiger partial charge in [0.05, 0.1) is 6.04 Å². The van der Waals surface area contributed by atoms with Crippen LogP contribution in [0.15, 0.2) is 0 Å². The first-order valence-corrected chi connectivity index (χ1v) is 4.03. The first-order chi connectivity index (χ1) is 5.13. The molecule has 0 amide bonds. The molecule has 0 spiro atoms. The standard InChI is InChI=1S/C8H19NO2/c1-5-11-8(10-4)7(9)6(2)3/h6-8H,5,9H2,1-4H3. The third kappa shape index (κ3) is 3.70. The van der Waals surface area contributed by atoms with E-state index in [-0.39, 0.29) is 12.3 Å². The van der Waals surface area contributed by atoms with Crippen LogP contribution >= 0.6 is 0 Å². The predicted octanol–water partition coefficient (Wildman–Crippen LogP) is 0.979. The smallest absolute Gasteiger partial charge is 0.172 e. The van der Waals surface area contributed by atoms with Crippen molar-refractivity contribution < 1.29 is 9.47 Å². The fraction of sp³-hybridized carbons (Fsp3) is 1.00. The van der Waals surface area contributed by atoms with Gasteiger partial charge >= 0.3 is 0 Å². The van der Waals surface area contributed by atoms with Crippen molar-refractivity contribution in [2.45, 2.75) is 33.1 Å². The van der Waals surface area contributed by atoms with Crippen LogP contribution in [0.2, 0.25) is 0 Å². The van der Waals surface area contributed by atoms with Gasteiger partial charge in [0.25, 0.3) is 0 Å². The Hall–Kier alpha value is -0.120. The van der Waals surface area contributed by atoms with Gasteiger partial charge in [0, 0.05) is 13.7 Å². The average Bonchev–Trinajstić information content (AvgIpc) is 1.98. The molecule has 0 aliphatic heterocycles. The lowest BCUT2D eigenvalue weighted by Crippen LogP contribution is -2.42. The summed E-state index contributed by atoms with van der Waals surface area (Å²) < 4.78 is 10.3. The van der Waals surface area contributed by atoms with Gasteiger partial charge in [-0.1, -0.05) is 13.8 Å². The number of hydrogen-bond acceptors (Lipinski definition) is 3. The van der Waals surface area contributed by atoms with Gasteiger partial charge in [-0.3, -0.25) is 0 Å². The van der Waals surface area contributed by atoms with E-state index in [0.29, 0.717) is 12.5 Å². The van der Waals surface area contributed by atoms with Crippen molar-refractivity contribution in [1.82, 2.24) is 0 Å². The number of ether oxygens (including phenoxy) is 2. The molecule has 0 radical (unpaired) electrons. The molecule has 0 aromatic heterocycles. The number of rotatable bonds is 5. The Labute approximate surface area is 68.9 Å². The molecule has 3 nitrogen and oxygen atoms in total. The Morgan fingerprint density at radius 2 is 1.91 bits per heavy atom. The number of nitrogens with two attached hydrogens (primary N) is 1. The van der Waals surface area contributed by atoms with E-state index in [9.17, 15) is 0 Å². The van der Waals surface area contributed by atoms with Crippen LogP contribution < -0.4 is 5.73 Å². The highest BCUT2D eigenvalue weighted by molar-refractivity contribution is 4.68. The molecule has 0 heterocycles. The third-order valence-corrected chi connectivity index (χ3v) is 1.65. The molecule has 0 saturated heterocycles. The SMILES string of the molecule is CCOC(OC)C(N)C(C)C. The molecule has 0 aromatic carbocycles. The van der Waals surface area contributed by atoms with Gasteiger partial charge in [0.15, 0.2) is 6.29 Å². The summed E-state index contributed by atoms with van der Waals surface area (Å²) in [4.78, 5) is 0. The Bertz CT molecular complexity index is 96.1. The molecule has 3 heteroatoms. The van der Waals surface area contributed by atoms with Crippen LogP contribution in [0.25, 0.3) is 0 Å². The molecule has 0 aromatic rings. The van der Waals surface area contributed by atoms with Crippen LogP contribution in [0.1, 0.15) is 20.8 Å². The van der Waals surface area contributed by atoms with Gasteiger partial charge in [-0.25, -0.2) is 0 Å². The van der Waals surface area contributed by atoms with Crippen LogP contribution in [0, 0.1) is 5.92 Å². The van der Waals surface area contributed by atoms with Crippen molar-refractivity contribution >= 4 is 0 Å². The van der Waals surface area contributed by atoms with E-state index in [1.165, 1.54) is 0 Å². The molecule has 0 saturated carbocycles. The van der Waals surface area contributed by atoms with E-state index in [4.69, 9.17) is 15.2 Å². The number of hydrogen-bond donors (Lipinski definition) is 1. The van der Waals surface area contributed by atoms with Crippen LogP contribution in [-0.4, -0.2) is 26.0 Å². The molecule has 0 fully saturated rings. The van der Waals surface area contributed by atoms with Crippen LogP contribution in [0.3, 0.4) is 0 Å². The van der Waals surface area contributed by atoms with Crippen LogP contribution in [0.4, 0.5) is 0 Å². The molecule has 68 valence electrons. The minimum Gasteiger partial charge on any atom is -0.354 e. The minimum atomic E-state index is -0.264. The molecule has 11 heavy (non-hydrogen) atoms. The maximum atomic E-state index is 5.81. The van der Waals surface area contributed by atoms with E-state index in [1.807, 2.05) is 6.92 Å². The van der Waals surface area contributed by atoms with Gasteiger partial charge in [-0.05, 0) is 12.8 Å². The molecular weight excluding hydrogens is 142 g/mol. The van der Waals surface area contributed by atoms with Crippen molar-refractivity contribution in [3.63, 3.8) is 0 Å². The van der Waals surface area contributed by atoms with Gasteiger partial charge in [0.2, 0.25) is 0 Å². The van der Waals surface area contributed by atoms with Gasteiger partial charge < -0.3 is 15.2 Å². The summed E-state index contributed by atoms with van der Waals surface area (Å²) in [5.74, 6) is 0.381. The lowest BCUT2D eigenvalue weighted by Gasteiger charge is -2.24. The maximum Gasteiger partial charge on any atom is 0.172 e. The maximum absolute atomic E-state index is 5.81. The Morgan fingerprint density at radius 1 is 1.36 bits per heavy atom. The summed E-state index contributed by atoms with van der Waals surface area (Å²) in [7, 11) is 1.61. The molecule has 2 N–H and O–H groups in total. The first-order valence-electron chi connectivity index (χ1n) is 4.03. The van der Waals surface area contributed by atoms with Crippen molar-refractivity contribution in [3.8, 4) is 0 Å². The van der Waals surface area contributed by atoms with Gasteiger partial charge in [-0.2, -0.15) is 0 Å². The second-order valence-electron chi connectivity index (χ2n) is 2.88. The molecule has 0 aliphatic carbocycles. The second-order valence-corrected chi connectivity index (χ2v) is 2.88. The van der Waals surface area contributed by atoms with E-state index in [0.717, 1.165) is 0 Å². The highest BCUT2D eigenvalue weighted by Gasteiger charge is 2.19. The Kier molecular flexibility index (Phi) is 5.46. The van der Waals surface area contributed by atoms with E-state index < -0.39 is 0 Å². The average molecular weight is 161 g/mol. The zero-order valence-electron chi connectivity index (χ0n) is 7.83. The van der Waals surface area contributed by atoms with Crippen molar-refractivity contribution in [3.05, 3.63) is 0 Å². The van der Waals surface area contributed by atoms with Gasteiger partial charge in [-0.15, -0.1) is 0 Å². The van der Waals surface area contributed by atoms with Gasteiger partial charge in [0.1, 0.15) is 0 Å². The predicted molar refractivity (Wildman–Crippen MR) is 45.2 cm³/mol. The first kappa shape index (κ1) is 10.9. The molecular formula is C8H19NO2. The quantitative estimate of drug-likeness (QED) is 0.611. The molecule has 0 bridgehead atoms. The summed E-state index contributed by atoms with van der Waals surface area (Å²) in [5.41, 5.74) is 5.81. The minimum absolute atomic E-state index is 0.0417. The van der Waals surface area contributed by atoms with Crippen LogP contribution in [0.5, 0.6) is 0 Å². The largest absolute Gasteiger partial charge is 0.354 e. The zero-order chi connectivity index (χ0) is 8.85. The van der Waals surface area contributed by atoms with Crippen molar-refractivity contribution in [2.75, 3.05) is 13.7 Å². The Balaban J connectivity index is 3.81. The summed E-state index contributed by atoms with van der Waals surface area (Å²) in [6.07, 6.45) is -0.264. The second kappa shape index (κ2) is 5.52. The zero-order valence-corrected chi connectivity index (χ0v) is 7.83. The fourth-order valence-electron chi connectivity index (χ4n) is 0.815. The summed E-state index contributed by atoms with van der Waals surface area (Å²) in [6.45, 7) is 6.67. The molecule has 2 unspecified atom stereocenters. The van der Waals surface area contributed by atoms with Crippen molar-refractivity contribution in [2.24, 2.45) is 11.7 Å². The normalized spacial score (nSPS) is 16.9. The molecule has 2 atom stereocenters. The lowest BCUT2D eigenvalue weighted by atomic mass is 10.1. The Morgan fingerprint density at radius 3 is 2.18 bits per heavy atom. The third-order valence-electron chi connectivity index (χ3n) is 1.65. The molecule has 0 rings (SSSR count). The number of methoxy groups -OCH3 is 1. The summed E-state index contributed by atoms with van der Waals surface area (Å²) in [5, 5.41) is 0. The molecule has 0 aliphatic rings. The van der Waals surface area contributed by atoms with E-state index >= 15 is 0 Å². The highest BCUT2D eigenvalue weighted by atomic mass is 16.7. The monoisotopic (exact) mass is 161 g/mol. The summed E-state index contributed by atoms with van der Waals surface area (Å²) >= 11 is 0. The fourth-order valence-corrected chi connectivity index (χ4v) is 0.815. The van der Waals surface area contributed by atoms with Crippen LogP contribution in [-0.2, 0) is 9.47 Å². The highest BCUT2D eigenvalue weighted by Crippen LogP contribution is 2.07. The summed E-state index contributed by atoms with van der Waals surface area (Å²) in [6, 6.07) is -0.0417. The van der Waals surface area contributed by atoms with E-state index in [2.05, 4.69) is 13.8 Å². The lowest BCUT2D eigenvalue weighted by molar-refractivity contribution is -0.139. The van der Waals surface area contributed by atoms with Crippen molar-refractivity contribution in [1.29, 1.82) is 0 Å².